The molecule has 2 heteroatoms. The third kappa shape index (κ3) is 1.95. The standard InChI is InChI=1S/C30H18N2/c1-3-10-26-20(6-1)21-14-12-19(17-27(21)31-26)18-13-15-29-25(16-18)24-9-5-8-23-22-7-2-4-11-28(22)32(29)30(23)24/h1-17,31H. The zero-order valence-corrected chi connectivity index (χ0v) is 17.3. The van der Waals surface area contributed by atoms with Gasteiger partial charge in [0.1, 0.15) is 0 Å². The summed E-state index contributed by atoms with van der Waals surface area (Å²) < 4.78 is 2.43. The van der Waals surface area contributed by atoms with E-state index in [0.29, 0.717) is 0 Å². The minimum atomic E-state index is 1.18. The molecule has 0 amide bonds. The van der Waals surface area contributed by atoms with Crippen LogP contribution < -0.4 is 0 Å². The van der Waals surface area contributed by atoms with Crippen molar-refractivity contribution in [1.29, 1.82) is 0 Å². The van der Waals surface area contributed by atoms with Crippen LogP contribution in [-0.4, -0.2) is 9.38 Å². The lowest BCUT2D eigenvalue weighted by Gasteiger charge is -2.04. The van der Waals surface area contributed by atoms with Gasteiger partial charge in [-0.1, -0.05) is 72.8 Å². The van der Waals surface area contributed by atoms with Crippen molar-refractivity contribution in [3.8, 4) is 11.1 Å². The van der Waals surface area contributed by atoms with Crippen LogP contribution in [0.1, 0.15) is 0 Å². The molecule has 3 heterocycles. The Bertz CT molecular complexity index is 1980. The third-order valence-corrected chi connectivity index (χ3v) is 7.06. The predicted molar refractivity (Wildman–Crippen MR) is 136 cm³/mol. The van der Waals surface area contributed by atoms with Crippen LogP contribution >= 0.6 is 0 Å². The summed E-state index contributed by atoms with van der Waals surface area (Å²) in [6.45, 7) is 0. The average molecular weight is 406 g/mol. The number of aromatic amines is 1. The molecule has 8 rings (SSSR count). The van der Waals surface area contributed by atoms with Crippen molar-refractivity contribution in [2.24, 2.45) is 0 Å². The molecule has 3 aromatic heterocycles. The second-order valence-electron chi connectivity index (χ2n) is 8.72. The summed E-state index contributed by atoms with van der Waals surface area (Å²) in [7, 11) is 0. The fourth-order valence-corrected chi connectivity index (χ4v) is 5.65. The lowest BCUT2D eigenvalue weighted by molar-refractivity contribution is 1.37. The van der Waals surface area contributed by atoms with Gasteiger partial charge in [-0.25, -0.2) is 0 Å². The number of benzene rings is 5. The first-order valence-corrected chi connectivity index (χ1v) is 11.0. The van der Waals surface area contributed by atoms with Crippen molar-refractivity contribution in [2.75, 3.05) is 0 Å². The van der Waals surface area contributed by atoms with E-state index < -0.39 is 0 Å². The Morgan fingerprint density at radius 2 is 1.09 bits per heavy atom. The Balaban J connectivity index is 1.42. The first kappa shape index (κ1) is 16.4. The molecule has 0 atom stereocenters. The zero-order chi connectivity index (χ0) is 20.8. The summed E-state index contributed by atoms with van der Waals surface area (Å²) >= 11 is 0. The fraction of sp³-hybridized carbons (Fsp3) is 0. The number of rotatable bonds is 1. The van der Waals surface area contributed by atoms with E-state index in [0.717, 1.165) is 0 Å². The van der Waals surface area contributed by atoms with Crippen LogP contribution in [0.3, 0.4) is 0 Å². The lowest BCUT2D eigenvalue weighted by atomic mass is 10.0. The average Bonchev–Trinajstić information content (AvgIpc) is 3.50. The third-order valence-electron chi connectivity index (χ3n) is 7.06. The molecular formula is C30H18N2. The normalized spacial score (nSPS) is 12.4. The SMILES string of the molecule is c1ccc2c(c1)[nH]c1cc(-c3ccc4c(c3)c3cccc5c6ccccc6n4c53)ccc12. The molecule has 0 saturated heterocycles. The second-order valence-corrected chi connectivity index (χ2v) is 8.72. The highest BCUT2D eigenvalue weighted by Gasteiger charge is 2.17. The van der Waals surface area contributed by atoms with Gasteiger partial charge in [0.05, 0.1) is 16.6 Å². The molecular weight excluding hydrogens is 388 g/mol. The Labute approximate surface area is 183 Å². The quantitative estimate of drug-likeness (QED) is 0.284. The summed E-state index contributed by atoms with van der Waals surface area (Å²) in [4.78, 5) is 3.58. The summed E-state index contributed by atoms with van der Waals surface area (Å²) in [5.74, 6) is 0. The molecule has 2 nitrogen and oxygen atoms in total. The Morgan fingerprint density at radius 3 is 2.03 bits per heavy atom. The molecule has 32 heavy (non-hydrogen) atoms. The van der Waals surface area contributed by atoms with Crippen molar-refractivity contribution in [1.82, 2.24) is 9.38 Å². The van der Waals surface area contributed by atoms with Crippen LogP contribution in [-0.2, 0) is 0 Å². The summed E-state index contributed by atoms with van der Waals surface area (Å²) in [6.07, 6.45) is 0. The maximum absolute atomic E-state index is 3.58. The van der Waals surface area contributed by atoms with Crippen LogP contribution in [0.2, 0.25) is 0 Å². The minimum Gasteiger partial charge on any atom is -0.354 e. The number of para-hydroxylation sites is 3. The van der Waals surface area contributed by atoms with Gasteiger partial charge in [0, 0.05) is 43.4 Å². The van der Waals surface area contributed by atoms with Gasteiger partial charge < -0.3 is 9.38 Å². The molecule has 0 spiro atoms. The predicted octanol–water partition coefficient (Wildman–Crippen LogP) is 8.14. The Hall–Kier alpha value is -4.30. The maximum atomic E-state index is 3.58. The van der Waals surface area contributed by atoms with Crippen molar-refractivity contribution in [2.45, 2.75) is 0 Å². The summed E-state index contributed by atoms with van der Waals surface area (Å²) in [5, 5.41) is 7.84. The number of nitrogens with zero attached hydrogens (tertiary/aromatic N) is 1. The molecule has 0 fully saturated rings. The highest BCUT2D eigenvalue weighted by atomic mass is 14.9. The van der Waals surface area contributed by atoms with E-state index in [9.17, 15) is 0 Å². The van der Waals surface area contributed by atoms with Crippen LogP contribution in [0, 0.1) is 0 Å². The van der Waals surface area contributed by atoms with E-state index in [1.807, 2.05) is 0 Å². The summed E-state index contributed by atoms with van der Waals surface area (Å²) in [6, 6.07) is 37.6. The van der Waals surface area contributed by atoms with Crippen molar-refractivity contribution in [3.05, 3.63) is 103 Å². The molecule has 5 aromatic carbocycles. The van der Waals surface area contributed by atoms with Gasteiger partial charge in [0.2, 0.25) is 0 Å². The van der Waals surface area contributed by atoms with E-state index >= 15 is 0 Å². The van der Waals surface area contributed by atoms with Crippen LogP contribution in [0.15, 0.2) is 103 Å². The lowest BCUT2D eigenvalue weighted by Crippen LogP contribution is -1.82. The highest BCUT2D eigenvalue weighted by Crippen LogP contribution is 2.40. The molecule has 0 radical (unpaired) electrons. The molecule has 0 saturated carbocycles. The topological polar surface area (TPSA) is 20.2 Å². The van der Waals surface area contributed by atoms with Crippen LogP contribution in [0.4, 0.5) is 0 Å². The molecule has 0 unspecified atom stereocenters. The number of fused-ring (bicyclic) bond motifs is 9. The van der Waals surface area contributed by atoms with E-state index in [-0.39, 0.29) is 0 Å². The highest BCUT2D eigenvalue weighted by molar-refractivity contribution is 6.23. The monoisotopic (exact) mass is 406 g/mol. The van der Waals surface area contributed by atoms with Crippen LogP contribution in [0.25, 0.3) is 71.0 Å². The van der Waals surface area contributed by atoms with Crippen LogP contribution in [0.5, 0.6) is 0 Å². The molecule has 0 aliphatic carbocycles. The van der Waals surface area contributed by atoms with Gasteiger partial charge in [-0.2, -0.15) is 0 Å². The number of H-pyrrole nitrogens is 1. The van der Waals surface area contributed by atoms with Crippen molar-refractivity contribution in [3.63, 3.8) is 0 Å². The zero-order valence-electron chi connectivity index (χ0n) is 17.3. The Kier molecular flexibility index (Phi) is 2.91. The largest absolute Gasteiger partial charge is 0.354 e. The molecule has 0 bridgehead atoms. The molecule has 0 aliphatic heterocycles. The maximum Gasteiger partial charge on any atom is 0.0620 e. The number of hydrogen-bond acceptors (Lipinski definition) is 0. The van der Waals surface area contributed by atoms with Gasteiger partial charge in [0.15, 0.2) is 0 Å². The first-order valence-electron chi connectivity index (χ1n) is 11.0. The second kappa shape index (κ2) is 5.68. The summed E-state index contributed by atoms with van der Waals surface area (Å²) in [5.41, 5.74) is 8.73. The molecule has 8 aromatic rings. The number of aromatic nitrogens is 2. The Morgan fingerprint density at radius 1 is 0.438 bits per heavy atom. The smallest absolute Gasteiger partial charge is 0.0620 e. The first-order chi connectivity index (χ1) is 15.9. The van der Waals surface area contributed by atoms with E-state index in [4.69, 9.17) is 0 Å². The fourth-order valence-electron chi connectivity index (χ4n) is 5.65. The van der Waals surface area contributed by atoms with Crippen molar-refractivity contribution >= 4 is 59.9 Å². The van der Waals surface area contributed by atoms with Crippen molar-refractivity contribution < 1.29 is 0 Å². The van der Waals surface area contributed by atoms with Gasteiger partial charge in [-0.15, -0.1) is 0 Å². The van der Waals surface area contributed by atoms with Gasteiger partial charge in [-0.3, -0.25) is 0 Å². The van der Waals surface area contributed by atoms with Gasteiger partial charge in [-0.05, 0) is 41.5 Å². The minimum absolute atomic E-state index is 1.18. The number of hydrogen-bond donors (Lipinski definition) is 1. The molecule has 148 valence electrons. The van der Waals surface area contributed by atoms with Gasteiger partial charge >= 0.3 is 0 Å². The molecule has 0 aliphatic rings. The van der Waals surface area contributed by atoms with E-state index in [1.165, 1.54) is 71.0 Å². The van der Waals surface area contributed by atoms with E-state index in [1.54, 1.807) is 0 Å². The number of nitrogens with one attached hydrogen (secondary N) is 1. The van der Waals surface area contributed by atoms with E-state index in [2.05, 4.69) is 113 Å². The molecule has 1 N–H and O–H groups in total. The van der Waals surface area contributed by atoms with Gasteiger partial charge in [0.25, 0.3) is 0 Å².